The first-order chi connectivity index (χ1) is 9.71. The highest BCUT2D eigenvalue weighted by atomic mass is 32.2. The van der Waals surface area contributed by atoms with Crippen molar-refractivity contribution < 1.29 is 13.2 Å². The number of aryl methyl sites for hydroxylation is 1. The number of rotatable bonds is 3. The summed E-state index contributed by atoms with van der Waals surface area (Å²) >= 11 is 4.93. The molecule has 5 nitrogen and oxygen atoms in total. The Bertz CT molecular complexity index is 648. The van der Waals surface area contributed by atoms with Gasteiger partial charge in [-0.05, 0) is 32.4 Å². The predicted octanol–water partition coefficient (Wildman–Crippen LogP) is 1.43. The molecule has 0 amide bonds. The van der Waals surface area contributed by atoms with Crippen molar-refractivity contribution in [3.05, 3.63) is 29.3 Å². The lowest BCUT2D eigenvalue weighted by Crippen LogP contribution is -2.48. The summed E-state index contributed by atoms with van der Waals surface area (Å²) in [4.78, 5) is 0.448. The highest BCUT2D eigenvalue weighted by Crippen LogP contribution is 2.24. The van der Waals surface area contributed by atoms with Crippen molar-refractivity contribution in [3.8, 4) is 0 Å². The first-order valence-corrected chi connectivity index (χ1v) is 8.62. The maximum Gasteiger partial charge on any atom is 0.243 e. The Morgan fingerprint density at radius 3 is 2.43 bits per heavy atom. The molecule has 7 heteroatoms. The molecule has 0 bridgehead atoms. The zero-order valence-electron chi connectivity index (χ0n) is 12.4. The monoisotopic (exact) mass is 328 g/mol. The van der Waals surface area contributed by atoms with Crippen LogP contribution in [0.2, 0.25) is 0 Å². The molecule has 21 heavy (non-hydrogen) atoms. The number of benzene rings is 1. The second-order valence-electron chi connectivity index (χ2n) is 5.42. The lowest BCUT2D eigenvalue weighted by atomic mass is 10.1. The molecule has 2 N–H and O–H groups in total. The Morgan fingerprint density at radius 1 is 1.33 bits per heavy atom. The summed E-state index contributed by atoms with van der Waals surface area (Å²) in [5.74, 6) is 0. The van der Waals surface area contributed by atoms with Crippen LogP contribution in [0.1, 0.15) is 25.0 Å². The number of thiocarbonyl (C=S) groups is 1. The number of nitrogens with two attached hydrogens (primary N) is 1. The molecule has 1 aliphatic heterocycles. The molecule has 1 aromatic carbocycles. The fraction of sp³-hybridized carbons (Fsp3) is 0.500. The lowest BCUT2D eigenvalue weighted by Gasteiger charge is -2.34. The number of ether oxygens (including phenoxy) is 1. The molecule has 1 heterocycles. The van der Waals surface area contributed by atoms with E-state index in [0.29, 0.717) is 24.2 Å². The molecule has 0 spiro atoms. The minimum Gasteiger partial charge on any atom is -0.389 e. The van der Waals surface area contributed by atoms with Crippen molar-refractivity contribution in [1.29, 1.82) is 0 Å². The summed E-state index contributed by atoms with van der Waals surface area (Å²) < 4.78 is 32.8. The summed E-state index contributed by atoms with van der Waals surface area (Å²) in [6.07, 6.45) is -0.245. The van der Waals surface area contributed by atoms with E-state index in [-0.39, 0.29) is 22.1 Å². The van der Waals surface area contributed by atoms with E-state index in [2.05, 4.69) is 0 Å². The van der Waals surface area contributed by atoms with Crippen LogP contribution < -0.4 is 5.73 Å². The van der Waals surface area contributed by atoms with Crippen LogP contribution in [0, 0.1) is 6.92 Å². The van der Waals surface area contributed by atoms with Crippen molar-refractivity contribution in [1.82, 2.24) is 4.31 Å². The topological polar surface area (TPSA) is 72.6 Å². The van der Waals surface area contributed by atoms with Gasteiger partial charge in [0.05, 0.1) is 17.1 Å². The van der Waals surface area contributed by atoms with Gasteiger partial charge in [0.1, 0.15) is 4.99 Å². The van der Waals surface area contributed by atoms with E-state index in [1.807, 2.05) is 13.8 Å². The maximum atomic E-state index is 12.9. The van der Waals surface area contributed by atoms with E-state index in [1.165, 1.54) is 4.31 Å². The van der Waals surface area contributed by atoms with Gasteiger partial charge in [-0.15, -0.1) is 0 Å². The average molecular weight is 328 g/mol. The third kappa shape index (κ3) is 3.42. The second kappa shape index (κ2) is 6.00. The summed E-state index contributed by atoms with van der Waals surface area (Å²) in [5.41, 5.74) is 6.84. The molecule has 1 aromatic rings. The summed E-state index contributed by atoms with van der Waals surface area (Å²) in [6.45, 7) is 6.21. The van der Waals surface area contributed by atoms with Crippen LogP contribution in [0.3, 0.4) is 0 Å². The Hall–Kier alpha value is -1.02. The largest absolute Gasteiger partial charge is 0.389 e. The first-order valence-electron chi connectivity index (χ1n) is 6.78. The quantitative estimate of drug-likeness (QED) is 0.850. The van der Waals surface area contributed by atoms with E-state index >= 15 is 0 Å². The maximum absolute atomic E-state index is 12.9. The molecular formula is C14H20N2O3S2. The van der Waals surface area contributed by atoms with Gasteiger partial charge in [-0.2, -0.15) is 4.31 Å². The van der Waals surface area contributed by atoms with Gasteiger partial charge >= 0.3 is 0 Å². The third-order valence-electron chi connectivity index (χ3n) is 3.48. The Labute approximate surface area is 131 Å². The van der Waals surface area contributed by atoms with Crippen LogP contribution in [-0.2, 0) is 14.8 Å². The molecule has 2 atom stereocenters. The van der Waals surface area contributed by atoms with Crippen LogP contribution in [0.15, 0.2) is 23.1 Å². The minimum absolute atomic E-state index is 0.123. The fourth-order valence-corrected chi connectivity index (χ4v) is 4.47. The van der Waals surface area contributed by atoms with Crippen LogP contribution in [0.25, 0.3) is 0 Å². The number of sulfonamides is 1. The number of hydrogen-bond donors (Lipinski definition) is 1. The molecule has 0 aliphatic carbocycles. The Morgan fingerprint density at radius 2 is 1.90 bits per heavy atom. The van der Waals surface area contributed by atoms with E-state index in [1.54, 1.807) is 25.1 Å². The van der Waals surface area contributed by atoms with Gasteiger partial charge in [-0.25, -0.2) is 8.42 Å². The average Bonchev–Trinajstić information content (AvgIpc) is 2.37. The van der Waals surface area contributed by atoms with Gasteiger partial charge in [0.15, 0.2) is 0 Å². The summed E-state index contributed by atoms with van der Waals surface area (Å²) in [7, 11) is -3.58. The Balaban J connectivity index is 2.44. The summed E-state index contributed by atoms with van der Waals surface area (Å²) in [6, 6.07) is 5.02. The molecule has 1 aliphatic rings. The number of hydrogen-bond acceptors (Lipinski definition) is 4. The second-order valence-corrected chi connectivity index (χ2v) is 7.77. The van der Waals surface area contributed by atoms with Crippen LogP contribution in [0.5, 0.6) is 0 Å². The van der Waals surface area contributed by atoms with E-state index in [9.17, 15) is 8.42 Å². The van der Waals surface area contributed by atoms with Gasteiger partial charge in [0.2, 0.25) is 10.0 Å². The Kier molecular flexibility index (Phi) is 4.67. The molecule has 1 fully saturated rings. The molecule has 2 rings (SSSR count). The van der Waals surface area contributed by atoms with Crippen LogP contribution in [0.4, 0.5) is 0 Å². The SMILES string of the molecule is Cc1ccc(C(N)=S)cc1S(=O)(=O)N1C[C@@H](C)O[C@@H](C)C1. The minimum atomic E-state index is -3.58. The standard InChI is InChI=1S/C14H20N2O3S2/c1-9-4-5-12(14(15)20)6-13(9)21(17,18)16-7-10(2)19-11(3)8-16/h4-6,10-11H,7-8H2,1-3H3,(H2,15,20)/t10-,11+. The van der Waals surface area contributed by atoms with Crippen molar-refractivity contribution in [2.75, 3.05) is 13.1 Å². The highest BCUT2D eigenvalue weighted by molar-refractivity contribution is 7.89. The first kappa shape index (κ1) is 16.4. The molecule has 0 radical (unpaired) electrons. The van der Waals surface area contributed by atoms with Gasteiger partial charge in [0.25, 0.3) is 0 Å². The predicted molar refractivity (Wildman–Crippen MR) is 85.8 cm³/mol. The van der Waals surface area contributed by atoms with E-state index in [4.69, 9.17) is 22.7 Å². The van der Waals surface area contributed by atoms with Gasteiger partial charge in [-0.1, -0.05) is 24.4 Å². The normalized spacial score (nSPS) is 24.0. The van der Waals surface area contributed by atoms with Gasteiger partial charge in [-0.3, -0.25) is 0 Å². The lowest BCUT2D eigenvalue weighted by molar-refractivity contribution is -0.0440. The zero-order valence-corrected chi connectivity index (χ0v) is 14.0. The van der Waals surface area contributed by atoms with Crippen LogP contribution in [-0.4, -0.2) is 43.0 Å². The van der Waals surface area contributed by atoms with E-state index in [0.717, 1.165) is 0 Å². The molecular weight excluding hydrogens is 308 g/mol. The van der Waals surface area contributed by atoms with Crippen molar-refractivity contribution in [2.45, 2.75) is 37.9 Å². The molecule has 0 saturated carbocycles. The zero-order chi connectivity index (χ0) is 15.8. The number of morpholine rings is 1. The number of nitrogens with zero attached hydrogens (tertiary/aromatic N) is 1. The highest BCUT2D eigenvalue weighted by Gasteiger charge is 2.33. The molecule has 1 saturated heterocycles. The van der Waals surface area contributed by atoms with Crippen molar-refractivity contribution in [3.63, 3.8) is 0 Å². The van der Waals surface area contributed by atoms with Crippen molar-refractivity contribution in [2.24, 2.45) is 5.73 Å². The van der Waals surface area contributed by atoms with Crippen molar-refractivity contribution >= 4 is 27.2 Å². The summed E-state index contributed by atoms with van der Waals surface area (Å²) in [5, 5.41) is 0. The molecule has 0 unspecified atom stereocenters. The molecule has 116 valence electrons. The third-order valence-corrected chi connectivity index (χ3v) is 5.69. The van der Waals surface area contributed by atoms with Crippen LogP contribution >= 0.6 is 12.2 Å². The van der Waals surface area contributed by atoms with Gasteiger partial charge < -0.3 is 10.5 Å². The smallest absolute Gasteiger partial charge is 0.243 e. The molecule has 0 aromatic heterocycles. The fourth-order valence-electron chi connectivity index (χ4n) is 2.50. The van der Waals surface area contributed by atoms with Gasteiger partial charge in [0, 0.05) is 18.7 Å². The van der Waals surface area contributed by atoms with E-state index < -0.39 is 10.0 Å².